The molecular weight excluding hydrogens is 807 g/mol. The van der Waals surface area contributed by atoms with Crippen LogP contribution >= 0.6 is 0 Å². The number of halogens is 2. The van der Waals surface area contributed by atoms with E-state index in [1.807, 2.05) is 90.5 Å². The lowest BCUT2D eigenvalue weighted by atomic mass is 9.89. The molecule has 0 saturated carbocycles. The molecule has 0 unspecified atom stereocenters. The van der Waals surface area contributed by atoms with Crippen molar-refractivity contribution in [2.45, 2.75) is 89.9 Å². The first-order chi connectivity index (χ1) is 31.1. The number of carbonyl (C=O) groups is 2. The van der Waals surface area contributed by atoms with E-state index in [1.54, 1.807) is 0 Å². The third kappa shape index (κ3) is 8.29. The normalized spacial score (nSPS) is 18.9. The Bertz CT molecular complexity index is 2570. The number of hydrogen-bond acceptors (Lipinski definition) is 6. The van der Waals surface area contributed by atoms with E-state index >= 15 is 8.78 Å². The fraction of sp³-hybridized carbons (Fsp3) is 0.385. The Kier molecular flexibility index (Phi) is 12.3. The van der Waals surface area contributed by atoms with Gasteiger partial charge in [-0.05, 0) is 85.2 Å². The van der Waals surface area contributed by atoms with Crippen LogP contribution in [0.3, 0.4) is 0 Å². The van der Waals surface area contributed by atoms with Gasteiger partial charge in [-0.15, -0.1) is 0 Å². The number of alkyl halides is 2. The highest BCUT2D eigenvalue weighted by atomic mass is 19.3. The molecule has 4 heterocycles. The number of benzene rings is 4. The highest BCUT2D eigenvalue weighted by Crippen LogP contribution is 2.44. The zero-order valence-corrected chi connectivity index (χ0v) is 37.2. The molecule has 2 fully saturated rings. The minimum absolute atomic E-state index is 0.117. The lowest BCUT2D eigenvalue weighted by molar-refractivity contribution is -0.140. The van der Waals surface area contributed by atoms with Gasteiger partial charge in [0.15, 0.2) is 0 Å². The summed E-state index contributed by atoms with van der Waals surface area (Å²) in [6.07, 6.45) is 4.64. The molecule has 2 aliphatic heterocycles. The lowest BCUT2D eigenvalue weighted by Crippen LogP contribution is -2.43. The minimum Gasteiger partial charge on any atom is -0.344 e. The third-order valence-electron chi connectivity index (χ3n) is 13.7. The average Bonchev–Trinajstić information content (AvgIpc) is 4.16. The quantitative estimate of drug-likeness (QED) is 0.113. The molecule has 9 rings (SSSR count). The van der Waals surface area contributed by atoms with Crippen molar-refractivity contribution >= 4 is 11.8 Å². The first-order valence-electron chi connectivity index (χ1n) is 23.1. The first kappa shape index (κ1) is 43.3. The largest absolute Gasteiger partial charge is 0.344 e. The zero-order chi connectivity index (χ0) is 44.5. The summed E-state index contributed by atoms with van der Waals surface area (Å²) in [6.45, 7) is 11.0. The zero-order valence-electron chi connectivity index (χ0n) is 37.2. The van der Waals surface area contributed by atoms with Crippen molar-refractivity contribution in [3.05, 3.63) is 143 Å². The number of nitrogens with one attached hydrogen (secondary N) is 2. The van der Waals surface area contributed by atoms with Gasteiger partial charge in [-0.25, -0.2) is 18.7 Å². The maximum absolute atomic E-state index is 15.3. The van der Waals surface area contributed by atoms with Crippen molar-refractivity contribution in [1.29, 1.82) is 0 Å². The Balaban J connectivity index is 0.919. The molecule has 2 N–H and O–H groups in total. The van der Waals surface area contributed by atoms with Crippen LogP contribution in [0.4, 0.5) is 8.78 Å². The van der Waals surface area contributed by atoms with Crippen LogP contribution < -0.4 is 0 Å². The molecule has 0 bridgehead atoms. The highest BCUT2D eigenvalue weighted by Gasteiger charge is 2.51. The summed E-state index contributed by atoms with van der Waals surface area (Å²) >= 11 is 0. The smallest absolute Gasteiger partial charge is 0.267 e. The number of H-pyrrole nitrogens is 2. The van der Waals surface area contributed by atoms with Crippen LogP contribution in [-0.4, -0.2) is 96.5 Å². The fourth-order valence-electron chi connectivity index (χ4n) is 10.3. The van der Waals surface area contributed by atoms with Crippen molar-refractivity contribution in [3.63, 3.8) is 0 Å². The Morgan fingerprint density at radius 1 is 0.719 bits per heavy atom. The molecule has 0 spiro atoms. The van der Waals surface area contributed by atoms with Gasteiger partial charge in [-0.1, -0.05) is 131 Å². The van der Waals surface area contributed by atoms with E-state index in [0.29, 0.717) is 31.9 Å². The van der Waals surface area contributed by atoms with Gasteiger partial charge < -0.3 is 19.8 Å². The number of likely N-dealkylation sites (tertiary alicyclic amines) is 2. The van der Waals surface area contributed by atoms with Gasteiger partial charge in [0, 0.05) is 24.2 Å². The molecule has 6 aromatic rings. The van der Waals surface area contributed by atoms with Gasteiger partial charge in [0.25, 0.3) is 5.92 Å². The van der Waals surface area contributed by atoms with Crippen LogP contribution in [0.1, 0.15) is 105 Å². The van der Waals surface area contributed by atoms with Gasteiger partial charge in [0.1, 0.15) is 23.7 Å². The van der Waals surface area contributed by atoms with Crippen LogP contribution in [0, 0.1) is 0 Å². The van der Waals surface area contributed by atoms with Crippen molar-refractivity contribution in [1.82, 2.24) is 39.5 Å². The number of nitrogens with zero attached hydrogens (tertiary/aromatic N) is 6. The molecule has 10 nitrogen and oxygen atoms in total. The molecule has 12 heteroatoms. The van der Waals surface area contributed by atoms with Crippen molar-refractivity contribution in [3.8, 4) is 33.6 Å². The molecule has 64 heavy (non-hydrogen) atoms. The van der Waals surface area contributed by atoms with E-state index < -0.39 is 31.0 Å². The average molecular weight is 865 g/mol. The number of rotatable bonds is 14. The van der Waals surface area contributed by atoms with Gasteiger partial charge in [-0.3, -0.25) is 19.4 Å². The Hall–Kier alpha value is -5.98. The topological polar surface area (TPSA) is 104 Å². The summed E-state index contributed by atoms with van der Waals surface area (Å²) in [5, 5.41) is 0. The van der Waals surface area contributed by atoms with Crippen LogP contribution in [0.15, 0.2) is 109 Å². The summed E-state index contributed by atoms with van der Waals surface area (Å²) in [4.78, 5) is 53.1. The molecule has 2 amide bonds. The molecular formula is C52H58F2N8O2. The van der Waals surface area contributed by atoms with Crippen LogP contribution in [0.2, 0.25) is 0 Å². The second kappa shape index (κ2) is 18.3. The number of aromatic amines is 2. The van der Waals surface area contributed by atoms with Gasteiger partial charge in [0.2, 0.25) is 11.8 Å². The van der Waals surface area contributed by atoms with Crippen LogP contribution in [0.5, 0.6) is 0 Å². The SMILES string of the molecule is CCN(CC)[C@@H](C(=O)N1CCC[C@H]1c1ncc(-c2ccc(-c3ccc4c(c3)CCc3[nH]c([C@@H]5CC(F)(F)CN5C(=O)[C@@H](c5ccccc5)N(CC)CC)nc3-4)cc2)[nH]1)c1ccccc1. The second-order valence-electron chi connectivity index (χ2n) is 17.4. The number of hydrogen-bond donors (Lipinski definition) is 2. The lowest BCUT2D eigenvalue weighted by Gasteiger charge is -2.34. The van der Waals surface area contributed by atoms with Crippen molar-refractivity contribution in [2.75, 3.05) is 39.3 Å². The molecule has 2 aromatic heterocycles. The van der Waals surface area contributed by atoms with Gasteiger partial charge in [0.05, 0.1) is 36.2 Å². The standard InChI is InChI=1S/C52H58F2N8O2/c1-5-59(6-2)46(36-16-11-9-12-17-36)50(63)61-29-15-20-43(61)48-55-32-42(57-48)35-23-21-34(22-24-35)38-25-27-40-39(30-38)26-28-41-45(40)58-49(56-41)44-31-52(53,54)33-62(44)51(64)47(60(7-3)8-4)37-18-13-10-14-19-37/h9-14,16-19,21-25,27,30,32,43-44,46-47H,5-8,15,20,26,28-29,31,33H2,1-4H3,(H,55,57)(H,56,58)/t43-,44-,46+,47+/m0/s1. The Morgan fingerprint density at radius 2 is 1.31 bits per heavy atom. The molecule has 4 aromatic carbocycles. The van der Waals surface area contributed by atoms with E-state index in [4.69, 9.17) is 9.97 Å². The van der Waals surface area contributed by atoms with E-state index in [2.05, 4.69) is 71.2 Å². The highest BCUT2D eigenvalue weighted by molar-refractivity contribution is 5.85. The van der Waals surface area contributed by atoms with Crippen molar-refractivity contribution in [2.24, 2.45) is 0 Å². The Labute approximate surface area is 374 Å². The number of aryl methyl sites for hydroxylation is 2. The van der Waals surface area contributed by atoms with E-state index in [0.717, 1.165) is 94.2 Å². The molecule has 332 valence electrons. The number of likely N-dealkylation sites (N-methyl/N-ethyl adjacent to an activating group) is 2. The number of amides is 2. The maximum atomic E-state index is 15.3. The van der Waals surface area contributed by atoms with Crippen molar-refractivity contribution < 1.29 is 18.4 Å². The fourth-order valence-corrected chi connectivity index (χ4v) is 10.3. The number of fused-ring (bicyclic) bond motifs is 3. The molecule has 4 atom stereocenters. The van der Waals surface area contributed by atoms with Crippen LogP contribution in [-0.2, 0) is 22.4 Å². The Morgan fingerprint density at radius 3 is 1.94 bits per heavy atom. The summed E-state index contributed by atoms with van der Waals surface area (Å²) in [5.41, 5.74) is 9.67. The third-order valence-corrected chi connectivity index (χ3v) is 13.7. The van der Waals surface area contributed by atoms with E-state index in [-0.39, 0.29) is 23.9 Å². The van der Waals surface area contributed by atoms with E-state index in [1.165, 1.54) is 4.90 Å². The monoisotopic (exact) mass is 864 g/mol. The number of carbonyl (C=O) groups excluding carboxylic acids is 2. The summed E-state index contributed by atoms with van der Waals surface area (Å²) in [7, 11) is 0. The van der Waals surface area contributed by atoms with Crippen LogP contribution in [0.25, 0.3) is 33.6 Å². The van der Waals surface area contributed by atoms with Gasteiger partial charge >= 0.3 is 0 Å². The molecule has 3 aliphatic rings. The summed E-state index contributed by atoms with van der Waals surface area (Å²) in [6, 6.07) is 32.4. The number of aromatic nitrogens is 4. The summed E-state index contributed by atoms with van der Waals surface area (Å²) < 4.78 is 30.6. The molecule has 0 radical (unpaired) electrons. The number of imidazole rings is 2. The molecule has 2 saturated heterocycles. The predicted octanol–water partition coefficient (Wildman–Crippen LogP) is 9.97. The minimum atomic E-state index is -3.03. The summed E-state index contributed by atoms with van der Waals surface area (Å²) in [5.74, 6) is -2.02. The maximum Gasteiger partial charge on any atom is 0.267 e. The van der Waals surface area contributed by atoms with Gasteiger partial charge in [-0.2, -0.15) is 0 Å². The second-order valence-corrected chi connectivity index (χ2v) is 17.4. The predicted molar refractivity (Wildman–Crippen MR) is 246 cm³/mol. The van der Waals surface area contributed by atoms with E-state index in [9.17, 15) is 9.59 Å². The first-order valence-corrected chi connectivity index (χ1v) is 23.1. The molecule has 1 aliphatic carbocycles.